The Bertz CT molecular complexity index is 1920. The Labute approximate surface area is 491 Å². The quantitative estimate of drug-likeness (QED) is 0.0155. The van der Waals surface area contributed by atoms with Crippen LogP contribution in [-0.2, 0) is 75.8 Å². The van der Waals surface area contributed by atoms with Gasteiger partial charge in [-0.3, -0.25) is 0 Å². The summed E-state index contributed by atoms with van der Waals surface area (Å²) in [5, 5.41) is 0. The van der Waals surface area contributed by atoms with Crippen molar-refractivity contribution in [2.45, 2.75) is 58.2 Å². The van der Waals surface area contributed by atoms with E-state index in [1.807, 2.05) is 0 Å². The Balaban J connectivity index is 2.66. The Hall–Kier alpha value is -3.17. The summed E-state index contributed by atoms with van der Waals surface area (Å²) >= 11 is 0. The van der Waals surface area contributed by atoms with Crippen molar-refractivity contribution < 1.29 is 107 Å². The first kappa shape index (κ1) is 75.9. The van der Waals surface area contributed by atoms with Gasteiger partial charge in [-0.1, -0.05) is 47.5 Å². The van der Waals surface area contributed by atoms with Crippen LogP contribution in [0.5, 0.6) is 11.5 Å². The van der Waals surface area contributed by atoms with E-state index in [-0.39, 0.29) is 126 Å². The minimum atomic E-state index is -2.49. The number of methoxy groups -OCH3 is 4. The minimum absolute atomic E-state index is 0.00187. The molecule has 0 unspecified atom stereocenters. The smallest absolute Gasteiger partial charge is 0.200 e. The van der Waals surface area contributed by atoms with Gasteiger partial charge in [-0.25, -0.2) is 22.0 Å². The fourth-order valence-electron chi connectivity index (χ4n) is 8.57. The van der Waals surface area contributed by atoms with Crippen LogP contribution >= 0.6 is 0 Å². The van der Waals surface area contributed by atoms with Crippen molar-refractivity contribution in [3.63, 3.8) is 0 Å². The maximum absolute atomic E-state index is 16.2. The van der Waals surface area contributed by atoms with Crippen LogP contribution in [0.2, 0.25) is 16.6 Å². The molecule has 0 aliphatic carbocycles. The zero-order valence-corrected chi connectivity index (χ0v) is 52.0. The normalized spacial score (nSPS) is 12.0. The van der Waals surface area contributed by atoms with E-state index in [4.69, 9.17) is 85.3 Å². The molecule has 0 spiro atoms. The van der Waals surface area contributed by atoms with Gasteiger partial charge in [-0.15, -0.1) is 5.54 Å². The highest BCUT2D eigenvalue weighted by molar-refractivity contribution is 6.90. The van der Waals surface area contributed by atoms with Crippen LogP contribution in [0.4, 0.5) is 22.0 Å². The van der Waals surface area contributed by atoms with E-state index in [1.165, 1.54) is 12.1 Å². The summed E-state index contributed by atoms with van der Waals surface area (Å²) in [5.74, 6) is -8.56. The Kier molecular flexibility index (Phi) is 43.8. The molecule has 0 atom stereocenters. The first-order valence-corrected chi connectivity index (χ1v) is 30.8. The highest BCUT2D eigenvalue weighted by Gasteiger charge is 2.42. The summed E-state index contributed by atoms with van der Waals surface area (Å²) in [6.07, 6.45) is 0. The van der Waals surface area contributed by atoms with E-state index in [1.54, 1.807) is 28.4 Å². The van der Waals surface area contributed by atoms with Crippen molar-refractivity contribution in [1.29, 1.82) is 0 Å². The van der Waals surface area contributed by atoms with Gasteiger partial charge in [-0.05, 0) is 22.7 Å². The fraction of sp³-hybridized carbons (Fsp3) is 0.763. The number of hydrogen-bond acceptors (Lipinski definition) is 18. The topological polar surface area (TPSA) is 166 Å². The summed E-state index contributed by atoms with van der Waals surface area (Å²) in [6, 6.07) is 2.63. The Morgan fingerprint density at radius 2 is 0.602 bits per heavy atom. The van der Waals surface area contributed by atoms with Crippen molar-refractivity contribution >= 4 is 8.07 Å². The van der Waals surface area contributed by atoms with E-state index in [9.17, 15) is 4.39 Å². The number of ether oxygens (including phenoxy) is 18. The SMILES string of the molecule is COCCOCCOCCOCC(COCCOCCOCCOC)COc1cc(-c2c(F)c(F)c(F)c(F)c2F)c(OCC(COCCOCCOCCOC)COCCOCCOCCOC)cc1C#C[Si](C(C)C)(C(C)C)C(C)C. The molecule has 480 valence electrons. The number of hydrogen-bond donors (Lipinski definition) is 0. The summed E-state index contributed by atoms with van der Waals surface area (Å²) in [4.78, 5) is 0. The largest absolute Gasteiger partial charge is 0.492 e. The third-order valence-corrected chi connectivity index (χ3v) is 19.2. The van der Waals surface area contributed by atoms with Crippen molar-refractivity contribution in [2.24, 2.45) is 11.8 Å². The third-order valence-electron chi connectivity index (χ3n) is 12.9. The molecule has 0 saturated carbocycles. The maximum atomic E-state index is 16.2. The van der Waals surface area contributed by atoms with Crippen molar-refractivity contribution in [2.75, 3.05) is 227 Å². The first-order valence-electron chi connectivity index (χ1n) is 28.6. The predicted molar refractivity (Wildman–Crippen MR) is 305 cm³/mol. The molecule has 24 heteroatoms. The lowest BCUT2D eigenvalue weighted by Gasteiger charge is -2.38. The van der Waals surface area contributed by atoms with E-state index in [0.717, 1.165) is 0 Å². The van der Waals surface area contributed by atoms with Gasteiger partial charge >= 0.3 is 0 Å². The molecule has 0 aliphatic rings. The summed E-state index contributed by atoms with van der Waals surface area (Å²) < 4.78 is 179. The lowest BCUT2D eigenvalue weighted by molar-refractivity contribution is -0.0278. The average Bonchev–Trinajstić information content (AvgIpc) is 3.67. The van der Waals surface area contributed by atoms with E-state index >= 15 is 17.6 Å². The molecule has 2 rings (SSSR count). The zero-order chi connectivity index (χ0) is 60.9. The Morgan fingerprint density at radius 1 is 0.337 bits per heavy atom. The average molecular weight is 1220 g/mol. The van der Waals surface area contributed by atoms with Crippen LogP contribution in [0.1, 0.15) is 47.1 Å². The lowest BCUT2D eigenvalue weighted by Crippen LogP contribution is -2.43. The number of benzene rings is 2. The molecule has 0 radical (unpaired) electrons. The van der Waals surface area contributed by atoms with Gasteiger partial charge in [0.1, 0.15) is 19.6 Å². The van der Waals surface area contributed by atoms with Gasteiger partial charge in [-0.2, -0.15) is 0 Å². The number of halogens is 5. The maximum Gasteiger partial charge on any atom is 0.200 e. The van der Waals surface area contributed by atoms with Crippen LogP contribution in [0.15, 0.2) is 12.1 Å². The van der Waals surface area contributed by atoms with E-state index < -0.39 is 60.1 Å². The molecule has 0 amide bonds. The van der Waals surface area contributed by atoms with Crippen LogP contribution < -0.4 is 9.47 Å². The fourth-order valence-corrected chi connectivity index (χ4v) is 13.8. The number of rotatable bonds is 54. The van der Waals surface area contributed by atoms with Crippen LogP contribution in [-0.4, -0.2) is 235 Å². The molecule has 83 heavy (non-hydrogen) atoms. The summed E-state index contributed by atoms with van der Waals surface area (Å²) in [5.41, 5.74) is 2.83. The molecule has 0 saturated heterocycles. The van der Waals surface area contributed by atoms with Gasteiger partial charge in [0.15, 0.2) is 23.3 Å². The van der Waals surface area contributed by atoms with Gasteiger partial charge < -0.3 is 85.3 Å². The van der Waals surface area contributed by atoms with Crippen LogP contribution in [0.3, 0.4) is 0 Å². The predicted octanol–water partition coefficient (Wildman–Crippen LogP) is 8.39. The molecule has 0 N–H and O–H groups in total. The molecule has 0 fully saturated rings. The molecular formula is C59H97F5O18Si. The first-order chi connectivity index (χ1) is 40.2. The highest BCUT2D eigenvalue weighted by atomic mass is 28.3. The standard InChI is InChI=1S/C59H97F5O18Si/c1-45(2)83(46(3)4,47(5)6)36-11-50-37-53(82-44-49(41-79-34-30-75-26-22-71-18-14-67-9)42-80-35-31-76-27-23-72-19-15-68-10)51(54-55(60)57(62)59(64)58(63)56(54)61)38-52(50)81-43-48(39-77-32-28-73-24-20-69-16-12-65-7)40-78-33-29-74-25-21-70-17-13-66-8/h37-38,45-49H,12-35,39-44H2,1-10H3. The molecule has 0 aromatic heterocycles. The van der Waals surface area contributed by atoms with Gasteiger partial charge in [0.2, 0.25) is 5.82 Å². The second kappa shape index (κ2) is 47.9. The van der Waals surface area contributed by atoms with Gasteiger partial charge in [0.25, 0.3) is 0 Å². The Morgan fingerprint density at radius 3 is 0.892 bits per heavy atom. The molecule has 18 nitrogen and oxygen atoms in total. The molecule has 0 heterocycles. The second-order valence-electron chi connectivity index (χ2n) is 20.0. The van der Waals surface area contributed by atoms with E-state index in [0.29, 0.717) is 106 Å². The molecule has 0 aliphatic heterocycles. The zero-order valence-electron chi connectivity index (χ0n) is 51.0. The van der Waals surface area contributed by atoms with Gasteiger partial charge in [0.05, 0.1) is 209 Å². The van der Waals surface area contributed by atoms with Crippen LogP contribution in [0, 0.1) is 52.4 Å². The monoisotopic (exact) mass is 1220 g/mol. The minimum Gasteiger partial charge on any atom is -0.492 e. The molecule has 0 bridgehead atoms. The van der Waals surface area contributed by atoms with Gasteiger partial charge in [0, 0.05) is 51.9 Å². The highest BCUT2D eigenvalue weighted by Crippen LogP contribution is 2.43. The van der Waals surface area contributed by atoms with Crippen LogP contribution in [0.25, 0.3) is 11.1 Å². The van der Waals surface area contributed by atoms with E-state index in [2.05, 4.69) is 53.0 Å². The van der Waals surface area contributed by atoms with Crippen molar-refractivity contribution in [1.82, 2.24) is 0 Å². The molecular weight excluding hydrogens is 1120 g/mol. The third kappa shape index (κ3) is 30.8. The summed E-state index contributed by atoms with van der Waals surface area (Å²) in [6.45, 7) is 21.2. The van der Waals surface area contributed by atoms with Crippen molar-refractivity contribution in [3.05, 3.63) is 46.8 Å². The van der Waals surface area contributed by atoms with Crippen molar-refractivity contribution in [3.8, 4) is 34.1 Å². The molecule has 2 aromatic rings. The summed E-state index contributed by atoms with van der Waals surface area (Å²) in [7, 11) is 3.87. The second-order valence-corrected chi connectivity index (χ2v) is 25.5. The molecule has 2 aromatic carbocycles. The lowest BCUT2D eigenvalue weighted by atomic mass is 9.99.